The summed E-state index contributed by atoms with van der Waals surface area (Å²) in [6, 6.07) is 1.44. The van der Waals surface area contributed by atoms with Crippen LogP contribution in [0.15, 0.2) is 10.9 Å². The fourth-order valence-corrected chi connectivity index (χ4v) is 2.37. The van der Waals surface area contributed by atoms with Crippen LogP contribution in [0.4, 0.5) is 0 Å². The van der Waals surface area contributed by atoms with Gasteiger partial charge in [0.1, 0.15) is 5.82 Å². The molecule has 5 heteroatoms. The van der Waals surface area contributed by atoms with Crippen molar-refractivity contribution >= 4 is 0 Å². The van der Waals surface area contributed by atoms with E-state index < -0.39 is 0 Å². The number of nitrogens with zero attached hydrogens (tertiary/aromatic N) is 1. The molecular formula is C13H19N3O2. The summed E-state index contributed by atoms with van der Waals surface area (Å²) in [4.78, 5) is 18.6. The molecule has 2 aliphatic rings. The number of H-pyrrole nitrogens is 1. The van der Waals surface area contributed by atoms with Crippen LogP contribution in [0.3, 0.4) is 0 Å². The van der Waals surface area contributed by atoms with E-state index in [1.54, 1.807) is 0 Å². The van der Waals surface area contributed by atoms with Crippen molar-refractivity contribution in [1.82, 2.24) is 15.3 Å². The third kappa shape index (κ3) is 2.90. The maximum absolute atomic E-state index is 11.5. The molecule has 1 atom stereocenters. The number of aromatic amines is 1. The molecule has 1 aliphatic carbocycles. The van der Waals surface area contributed by atoms with E-state index in [9.17, 15) is 4.79 Å². The summed E-state index contributed by atoms with van der Waals surface area (Å²) >= 11 is 0. The smallest absolute Gasteiger partial charge is 0.254 e. The van der Waals surface area contributed by atoms with Gasteiger partial charge in [-0.1, -0.05) is 0 Å². The zero-order valence-electron chi connectivity index (χ0n) is 10.4. The Hall–Kier alpha value is -1.36. The van der Waals surface area contributed by atoms with Gasteiger partial charge in [-0.2, -0.15) is 4.98 Å². The van der Waals surface area contributed by atoms with E-state index in [1.807, 2.05) is 0 Å². The Kier molecular flexibility index (Phi) is 3.32. The minimum Gasteiger partial charge on any atom is -0.477 e. The van der Waals surface area contributed by atoms with Crippen LogP contribution in [0.1, 0.15) is 37.4 Å². The van der Waals surface area contributed by atoms with Gasteiger partial charge in [0.15, 0.2) is 0 Å². The molecule has 1 aliphatic heterocycles. The van der Waals surface area contributed by atoms with Crippen molar-refractivity contribution in [2.45, 2.75) is 31.6 Å². The first kappa shape index (κ1) is 11.7. The van der Waals surface area contributed by atoms with Gasteiger partial charge in [0.25, 0.3) is 5.56 Å². The van der Waals surface area contributed by atoms with E-state index in [0.29, 0.717) is 24.3 Å². The molecule has 0 bridgehead atoms. The van der Waals surface area contributed by atoms with Gasteiger partial charge in [-0.15, -0.1) is 0 Å². The predicted octanol–water partition coefficient (Wildman–Crippen LogP) is 1.03. The zero-order chi connectivity index (χ0) is 12.4. The lowest BCUT2D eigenvalue weighted by atomic mass is 10.1. The highest BCUT2D eigenvalue weighted by Gasteiger charge is 2.26. The summed E-state index contributed by atoms with van der Waals surface area (Å²) in [5.41, 5.74) is -0.107. The van der Waals surface area contributed by atoms with Crippen LogP contribution in [0, 0.1) is 5.92 Å². The largest absolute Gasteiger partial charge is 0.477 e. The number of ether oxygens (including phenoxy) is 1. The highest BCUT2D eigenvalue weighted by Crippen LogP contribution is 2.37. The molecule has 3 rings (SSSR count). The van der Waals surface area contributed by atoms with Crippen molar-refractivity contribution in [3.8, 4) is 5.88 Å². The standard InChI is InChI=1S/C13H19N3O2/c17-11-7-12(16-13(15-11)10-1-2-10)18-6-4-9-3-5-14-8-9/h7,9-10,14H,1-6,8H2,(H,15,16,17). The third-order valence-electron chi connectivity index (χ3n) is 3.64. The summed E-state index contributed by atoms with van der Waals surface area (Å²) in [5.74, 6) is 2.42. The molecule has 1 saturated carbocycles. The summed E-state index contributed by atoms with van der Waals surface area (Å²) in [6.45, 7) is 2.84. The lowest BCUT2D eigenvalue weighted by Crippen LogP contribution is -2.14. The van der Waals surface area contributed by atoms with E-state index >= 15 is 0 Å². The quantitative estimate of drug-likeness (QED) is 0.817. The van der Waals surface area contributed by atoms with E-state index in [4.69, 9.17) is 4.74 Å². The lowest BCUT2D eigenvalue weighted by molar-refractivity contribution is 0.272. The minimum atomic E-state index is -0.107. The molecule has 1 saturated heterocycles. The van der Waals surface area contributed by atoms with Crippen LogP contribution in [0.2, 0.25) is 0 Å². The molecule has 0 spiro atoms. The summed E-state index contributed by atoms with van der Waals surface area (Å²) in [6.07, 6.45) is 4.50. The summed E-state index contributed by atoms with van der Waals surface area (Å²) in [7, 11) is 0. The number of hydrogen-bond acceptors (Lipinski definition) is 4. The average molecular weight is 249 g/mol. The molecule has 2 N–H and O–H groups in total. The highest BCUT2D eigenvalue weighted by molar-refractivity contribution is 5.14. The normalized spacial score (nSPS) is 23.2. The molecule has 0 radical (unpaired) electrons. The first-order valence-corrected chi connectivity index (χ1v) is 6.76. The second-order valence-corrected chi connectivity index (χ2v) is 5.24. The van der Waals surface area contributed by atoms with Crippen molar-refractivity contribution in [1.29, 1.82) is 0 Å². The van der Waals surface area contributed by atoms with Gasteiger partial charge in [-0.25, -0.2) is 0 Å². The monoisotopic (exact) mass is 249 g/mol. The van der Waals surface area contributed by atoms with E-state index in [0.717, 1.165) is 38.2 Å². The van der Waals surface area contributed by atoms with Crippen LogP contribution >= 0.6 is 0 Å². The Morgan fingerprint density at radius 2 is 2.28 bits per heavy atom. The Bertz CT molecular complexity index is 462. The molecule has 1 aromatic rings. The molecule has 98 valence electrons. The van der Waals surface area contributed by atoms with Crippen molar-refractivity contribution in [2.75, 3.05) is 19.7 Å². The number of nitrogens with one attached hydrogen (secondary N) is 2. The Morgan fingerprint density at radius 1 is 1.39 bits per heavy atom. The van der Waals surface area contributed by atoms with Gasteiger partial charge < -0.3 is 15.0 Å². The molecule has 1 aromatic heterocycles. The fraction of sp³-hybridized carbons (Fsp3) is 0.692. The second-order valence-electron chi connectivity index (χ2n) is 5.24. The summed E-state index contributed by atoms with van der Waals surface area (Å²) in [5, 5.41) is 3.34. The van der Waals surface area contributed by atoms with E-state index in [1.165, 1.54) is 12.5 Å². The Balaban J connectivity index is 1.56. The van der Waals surface area contributed by atoms with Crippen LogP contribution in [-0.4, -0.2) is 29.7 Å². The van der Waals surface area contributed by atoms with Gasteiger partial charge in [0.2, 0.25) is 5.88 Å². The van der Waals surface area contributed by atoms with Gasteiger partial charge in [0.05, 0.1) is 12.7 Å². The molecule has 5 nitrogen and oxygen atoms in total. The topological polar surface area (TPSA) is 67.0 Å². The zero-order valence-corrected chi connectivity index (χ0v) is 10.4. The average Bonchev–Trinajstić information content (AvgIpc) is 3.08. The third-order valence-corrected chi connectivity index (χ3v) is 3.64. The van der Waals surface area contributed by atoms with Crippen LogP contribution in [0.5, 0.6) is 5.88 Å². The van der Waals surface area contributed by atoms with Crippen LogP contribution in [0.25, 0.3) is 0 Å². The Labute approximate surface area is 106 Å². The molecule has 0 aromatic carbocycles. The lowest BCUT2D eigenvalue weighted by Gasteiger charge is -2.09. The molecule has 2 fully saturated rings. The Morgan fingerprint density at radius 3 is 3.00 bits per heavy atom. The first-order chi connectivity index (χ1) is 8.81. The molecule has 2 heterocycles. The van der Waals surface area contributed by atoms with E-state index in [2.05, 4.69) is 15.3 Å². The maximum atomic E-state index is 11.5. The SMILES string of the molecule is O=c1cc(OCCC2CCNC2)nc(C2CC2)[nH]1. The minimum absolute atomic E-state index is 0.107. The van der Waals surface area contributed by atoms with Crippen molar-refractivity contribution in [2.24, 2.45) is 5.92 Å². The fourth-order valence-electron chi connectivity index (χ4n) is 2.37. The second kappa shape index (κ2) is 5.10. The highest BCUT2D eigenvalue weighted by atomic mass is 16.5. The number of rotatable bonds is 5. The van der Waals surface area contributed by atoms with Crippen molar-refractivity contribution in [3.05, 3.63) is 22.2 Å². The molecular weight excluding hydrogens is 230 g/mol. The number of aromatic nitrogens is 2. The van der Waals surface area contributed by atoms with E-state index in [-0.39, 0.29) is 5.56 Å². The van der Waals surface area contributed by atoms with Gasteiger partial charge in [-0.05, 0) is 44.7 Å². The van der Waals surface area contributed by atoms with Gasteiger partial charge in [0, 0.05) is 5.92 Å². The maximum Gasteiger partial charge on any atom is 0.254 e. The first-order valence-electron chi connectivity index (χ1n) is 6.76. The van der Waals surface area contributed by atoms with Crippen molar-refractivity contribution in [3.63, 3.8) is 0 Å². The number of hydrogen-bond donors (Lipinski definition) is 2. The van der Waals surface area contributed by atoms with Crippen LogP contribution < -0.4 is 15.6 Å². The molecule has 0 amide bonds. The van der Waals surface area contributed by atoms with Crippen LogP contribution in [-0.2, 0) is 0 Å². The van der Waals surface area contributed by atoms with Gasteiger partial charge in [-0.3, -0.25) is 4.79 Å². The molecule has 18 heavy (non-hydrogen) atoms. The molecule has 1 unspecified atom stereocenters. The summed E-state index contributed by atoms with van der Waals surface area (Å²) < 4.78 is 5.61. The van der Waals surface area contributed by atoms with Crippen molar-refractivity contribution < 1.29 is 4.74 Å². The predicted molar refractivity (Wildman–Crippen MR) is 67.9 cm³/mol. The van der Waals surface area contributed by atoms with Gasteiger partial charge >= 0.3 is 0 Å².